The van der Waals surface area contributed by atoms with E-state index in [0.717, 1.165) is 50.2 Å². The topological polar surface area (TPSA) is 38.5 Å². The molecule has 2 unspecified atom stereocenters. The van der Waals surface area contributed by atoms with Gasteiger partial charge in [-0.05, 0) is 49.6 Å². The van der Waals surface area contributed by atoms with Crippen molar-refractivity contribution in [2.75, 3.05) is 26.2 Å². The zero-order valence-corrected chi connectivity index (χ0v) is 12.4. The second kappa shape index (κ2) is 7.16. The van der Waals surface area contributed by atoms with Crippen LogP contribution in [0.2, 0.25) is 0 Å². The van der Waals surface area contributed by atoms with Crippen LogP contribution in [0, 0.1) is 12.7 Å². The lowest BCUT2D eigenvalue weighted by Gasteiger charge is -2.35. The number of benzene rings is 1. The van der Waals surface area contributed by atoms with E-state index in [4.69, 9.17) is 10.5 Å². The Balaban J connectivity index is 1.95. The summed E-state index contributed by atoms with van der Waals surface area (Å²) in [6.07, 6.45) is 1.95. The first-order valence-corrected chi connectivity index (χ1v) is 7.44. The summed E-state index contributed by atoms with van der Waals surface area (Å²) in [5.74, 6) is -0.192. The van der Waals surface area contributed by atoms with Gasteiger partial charge < -0.3 is 10.5 Å². The van der Waals surface area contributed by atoms with Crippen molar-refractivity contribution in [1.82, 2.24) is 4.90 Å². The van der Waals surface area contributed by atoms with E-state index in [9.17, 15) is 4.39 Å². The number of nitrogens with two attached hydrogens (primary N) is 1. The van der Waals surface area contributed by atoms with Crippen LogP contribution in [0.4, 0.5) is 4.39 Å². The monoisotopic (exact) mass is 280 g/mol. The van der Waals surface area contributed by atoms with Crippen LogP contribution in [0.1, 0.15) is 24.5 Å². The summed E-state index contributed by atoms with van der Waals surface area (Å²) >= 11 is 0. The number of ether oxygens (including phenoxy) is 1. The molecule has 0 spiro atoms. The number of hydrogen-bond donors (Lipinski definition) is 1. The van der Waals surface area contributed by atoms with E-state index in [-0.39, 0.29) is 18.0 Å². The van der Waals surface area contributed by atoms with Crippen molar-refractivity contribution in [3.63, 3.8) is 0 Å². The third-order valence-electron chi connectivity index (χ3n) is 3.96. The normalized spacial score (nSPS) is 21.9. The fourth-order valence-corrected chi connectivity index (χ4v) is 2.78. The Bertz CT molecular complexity index is 436. The van der Waals surface area contributed by atoms with Gasteiger partial charge in [0, 0.05) is 19.1 Å². The maximum absolute atomic E-state index is 13.1. The molecule has 1 aliphatic rings. The largest absolute Gasteiger partial charge is 0.374 e. The summed E-state index contributed by atoms with van der Waals surface area (Å²) in [5, 5.41) is 0. The molecule has 0 aliphatic carbocycles. The van der Waals surface area contributed by atoms with E-state index in [2.05, 4.69) is 11.8 Å². The van der Waals surface area contributed by atoms with E-state index in [0.29, 0.717) is 0 Å². The molecule has 1 aromatic rings. The van der Waals surface area contributed by atoms with Crippen LogP contribution in [-0.2, 0) is 11.2 Å². The molecule has 20 heavy (non-hydrogen) atoms. The van der Waals surface area contributed by atoms with Gasteiger partial charge in [0.25, 0.3) is 0 Å². The molecule has 1 aliphatic heterocycles. The van der Waals surface area contributed by atoms with Crippen molar-refractivity contribution < 1.29 is 9.13 Å². The number of hydrogen-bond acceptors (Lipinski definition) is 3. The summed E-state index contributed by atoms with van der Waals surface area (Å²) in [6.45, 7) is 7.85. The molecule has 2 atom stereocenters. The summed E-state index contributed by atoms with van der Waals surface area (Å²) in [5.41, 5.74) is 8.37. The van der Waals surface area contributed by atoms with Crippen molar-refractivity contribution >= 4 is 0 Å². The molecule has 0 aromatic heterocycles. The first kappa shape index (κ1) is 15.4. The smallest absolute Gasteiger partial charge is 0.123 e. The minimum Gasteiger partial charge on any atom is -0.374 e. The molecular formula is C16H25FN2O. The minimum atomic E-state index is -0.192. The van der Waals surface area contributed by atoms with Crippen LogP contribution < -0.4 is 5.73 Å². The van der Waals surface area contributed by atoms with E-state index in [1.54, 1.807) is 6.07 Å². The van der Waals surface area contributed by atoms with Gasteiger partial charge in [-0.15, -0.1) is 0 Å². The molecule has 0 bridgehead atoms. The SMILES string of the molecule is CCCN1CCOC(C(N)Cc2ccc(F)cc2C)C1. The zero-order valence-electron chi connectivity index (χ0n) is 12.4. The summed E-state index contributed by atoms with van der Waals surface area (Å²) < 4.78 is 18.9. The fourth-order valence-electron chi connectivity index (χ4n) is 2.78. The zero-order chi connectivity index (χ0) is 14.5. The minimum absolute atomic E-state index is 0.0428. The Morgan fingerprint density at radius 1 is 1.50 bits per heavy atom. The van der Waals surface area contributed by atoms with Crippen LogP contribution in [0.15, 0.2) is 18.2 Å². The van der Waals surface area contributed by atoms with Crippen LogP contribution in [0.3, 0.4) is 0 Å². The second-order valence-corrected chi connectivity index (χ2v) is 5.65. The van der Waals surface area contributed by atoms with Gasteiger partial charge in [-0.25, -0.2) is 4.39 Å². The van der Waals surface area contributed by atoms with Crippen molar-refractivity contribution in [2.24, 2.45) is 5.73 Å². The van der Waals surface area contributed by atoms with Crippen LogP contribution in [-0.4, -0.2) is 43.3 Å². The molecule has 2 rings (SSSR count). The standard InChI is InChI=1S/C16H25FN2O/c1-3-6-19-7-8-20-16(11-19)15(18)10-13-4-5-14(17)9-12(13)2/h4-5,9,15-16H,3,6-8,10-11,18H2,1-2H3. The number of nitrogens with zero attached hydrogens (tertiary/aromatic N) is 1. The van der Waals surface area contributed by atoms with Crippen molar-refractivity contribution in [1.29, 1.82) is 0 Å². The van der Waals surface area contributed by atoms with Crippen molar-refractivity contribution in [3.8, 4) is 0 Å². The average Bonchev–Trinajstić information content (AvgIpc) is 2.42. The van der Waals surface area contributed by atoms with Gasteiger partial charge in [-0.1, -0.05) is 13.0 Å². The molecule has 0 saturated carbocycles. The Morgan fingerprint density at radius 3 is 3.00 bits per heavy atom. The van der Waals surface area contributed by atoms with Gasteiger partial charge >= 0.3 is 0 Å². The maximum atomic E-state index is 13.1. The number of rotatable bonds is 5. The first-order valence-electron chi connectivity index (χ1n) is 7.44. The number of aryl methyl sites for hydroxylation is 1. The first-order chi connectivity index (χ1) is 9.60. The van der Waals surface area contributed by atoms with Gasteiger partial charge in [0.1, 0.15) is 5.82 Å². The van der Waals surface area contributed by atoms with Gasteiger partial charge in [0.2, 0.25) is 0 Å². The number of halogens is 1. The van der Waals surface area contributed by atoms with Crippen LogP contribution >= 0.6 is 0 Å². The molecule has 3 nitrogen and oxygen atoms in total. The van der Waals surface area contributed by atoms with E-state index in [1.807, 2.05) is 13.0 Å². The predicted octanol–water partition coefficient (Wildman–Crippen LogP) is 2.11. The highest BCUT2D eigenvalue weighted by Crippen LogP contribution is 2.16. The highest BCUT2D eigenvalue weighted by atomic mass is 19.1. The second-order valence-electron chi connectivity index (χ2n) is 5.65. The third-order valence-corrected chi connectivity index (χ3v) is 3.96. The summed E-state index contributed by atoms with van der Waals surface area (Å²) in [7, 11) is 0. The van der Waals surface area contributed by atoms with E-state index >= 15 is 0 Å². The van der Waals surface area contributed by atoms with Gasteiger partial charge in [-0.3, -0.25) is 4.90 Å². The molecule has 1 saturated heterocycles. The summed E-state index contributed by atoms with van der Waals surface area (Å²) in [4.78, 5) is 2.41. The van der Waals surface area contributed by atoms with Crippen LogP contribution in [0.25, 0.3) is 0 Å². The molecular weight excluding hydrogens is 255 g/mol. The van der Waals surface area contributed by atoms with E-state index in [1.165, 1.54) is 6.07 Å². The Morgan fingerprint density at radius 2 is 2.30 bits per heavy atom. The van der Waals surface area contributed by atoms with Crippen LogP contribution in [0.5, 0.6) is 0 Å². The Hall–Kier alpha value is -0.970. The number of morpholine rings is 1. The van der Waals surface area contributed by atoms with Gasteiger partial charge in [0.15, 0.2) is 0 Å². The van der Waals surface area contributed by atoms with Gasteiger partial charge in [0.05, 0.1) is 12.7 Å². The molecule has 112 valence electrons. The lowest BCUT2D eigenvalue weighted by atomic mass is 9.97. The molecule has 1 fully saturated rings. The predicted molar refractivity (Wildman–Crippen MR) is 79.3 cm³/mol. The quantitative estimate of drug-likeness (QED) is 0.898. The molecule has 0 radical (unpaired) electrons. The molecule has 1 heterocycles. The highest BCUT2D eigenvalue weighted by molar-refractivity contribution is 5.27. The fraction of sp³-hybridized carbons (Fsp3) is 0.625. The maximum Gasteiger partial charge on any atom is 0.123 e. The van der Waals surface area contributed by atoms with Gasteiger partial charge in [-0.2, -0.15) is 0 Å². The average molecular weight is 280 g/mol. The molecule has 4 heteroatoms. The lowest BCUT2D eigenvalue weighted by molar-refractivity contribution is -0.0400. The van der Waals surface area contributed by atoms with Crippen molar-refractivity contribution in [2.45, 2.75) is 38.8 Å². The molecule has 2 N–H and O–H groups in total. The van der Waals surface area contributed by atoms with E-state index < -0.39 is 0 Å². The molecule has 0 amide bonds. The third kappa shape index (κ3) is 4.01. The lowest BCUT2D eigenvalue weighted by Crippen LogP contribution is -2.51. The Labute approximate surface area is 120 Å². The summed E-state index contributed by atoms with van der Waals surface area (Å²) in [6, 6.07) is 4.85. The van der Waals surface area contributed by atoms with Crippen molar-refractivity contribution in [3.05, 3.63) is 35.1 Å². The Kier molecular flexibility index (Phi) is 5.52. The highest BCUT2D eigenvalue weighted by Gasteiger charge is 2.25. The molecule has 1 aromatic carbocycles.